The third-order valence-corrected chi connectivity index (χ3v) is 4.84. The fourth-order valence-corrected chi connectivity index (χ4v) is 3.56. The molecular weight excluding hydrogens is 316 g/mol. The second-order valence-electron chi connectivity index (χ2n) is 7.07. The first-order valence-electron chi connectivity index (χ1n) is 8.94. The highest BCUT2D eigenvalue weighted by Crippen LogP contribution is 2.26. The fraction of sp³-hybridized carbons (Fsp3) is 0.526. The summed E-state index contributed by atoms with van der Waals surface area (Å²) in [6, 6.07) is 9.89. The molecule has 0 bridgehead atoms. The summed E-state index contributed by atoms with van der Waals surface area (Å²) in [7, 11) is 1.69. The number of likely N-dealkylation sites (tertiary alicyclic amines) is 1. The number of amides is 1. The highest BCUT2D eigenvalue weighted by atomic mass is 16.2. The monoisotopic (exact) mass is 342 g/mol. The highest BCUT2D eigenvalue weighted by molar-refractivity contribution is 5.78. The van der Waals surface area contributed by atoms with Crippen LogP contribution in [0.15, 0.2) is 35.1 Å². The number of hydrogen-bond acceptors (Lipinski definition) is 3. The lowest BCUT2D eigenvalue weighted by Crippen LogP contribution is -2.41. The first-order chi connectivity index (χ1) is 12.0. The third kappa shape index (κ3) is 3.67. The summed E-state index contributed by atoms with van der Waals surface area (Å²) in [5.74, 6) is 1.06. The van der Waals surface area contributed by atoms with E-state index in [0.29, 0.717) is 13.0 Å². The van der Waals surface area contributed by atoms with Crippen LogP contribution in [0.1, 0.15) is 50.0 Å². The quantitative estimate of drug-likeness (QED) is 0.855. The fourth-order valence-electron chi connectivity index (χ4n) is 3.56. The van der Waals surface area contributed by atoms with Gasteiger partial charge in [0.15, 0.2) is 0 Å². The minimum absolute atomic E-state index is 0.0617. The van der Waals surface area contributed by atoms with E-state index in [1.807, 2.05) is 49.1 Å². The van der Waals surface area contributed by atoms with Gasteiger partial charge in [-0.2, -0.15) is 5.10 Å². The summed E-state index contributed by atoms with van der Waals surface area (Å²) in [5, 5.41) is 4.46. The molecule has 0 radical (unpaired) electrons. The summed E-state index contributed by atoms with van der Waals surface area (Å²) >= 11 is 0. The average Bonchev–Trinajstić information content (AvgIpc) is 2.91. The number of aromatic nitrogens is 3. The van der Waals surface area contributed by atoms with Gasteiger partial charge in [-0.05, 0) is 32.3 Å². The molecular formula is C19H26N4O2. The second-order valence-corrected chi connectivity index (χ2v) is 7.07. The van der Waals surface area contributed by atoms with Gasteiger partial charge in [0.25, 0.3) is 0 Å². The standard InChI is InChI=1S/C19H26N4O2/c1-14(2)23-18(20-21(3)19(23)25)16-10-7-11-22(13-16)17(24)12-15-8-5-4-6-9-15/h4-6,8-9,14,16H,7,10-13H2,1-3H3. The Morgan fingerprint density at radius 2 is 2.00 bits per heavy atom. The van der Waals surface area contributed by atoms with Gasteiger partial charge in [-0.1, -0.05) is 30.3 Å². The molecule has 1 amide bonds. The van der Waals surface area contributed by atoms with E-state index in [1.54, 1.807) is 11.6 Å². The van der Waals surface area contributed by atoms with Crippen molar-refractivity contribution in [3.8, 4) is 0 Å². The molecule has 0 saturated carbocycles. The molecule has 0 spiro atoms. The Morgan fingerprint density at radius 1 is 1.28 bits per heavy atom. The Bertz CT molecular complexity index is 792. The molecule has 1 aliphatic rings. The lowest BCUT2D eigenvalue weighted by Gasteiger charge is -2.32. The molecule has 1 fully saturated rings. The molecule has 1 saturated heterocycles. The van der Waals surface area contributed by atoms with Crippen molar-refractivity contribution in [2.75, 3.05) is 13.1 Å². The summed E-state index contributed by atoms with van der Waals surface area (Å²) in [6.45, 7) is 5.40. The maximum absolute atomic E-state index is 12.7. The smallest absolute Gasteiger partial charge is 0.342 e. The van der Waals surface area contributed by atoms with E-state index in [4.69, 9.17) is 0 Å². The lowest BCUT2D eigenvalue weighted by atomic mass is 9.96. The first kappa shape index (κ1) is 17.5. The molecule has 1 aromatic carbocycles. The van der Waals surface area contributed by atoms with Crippen LogP contribution in [0.5, 0.6) is 0 Å². The van der Waals surface area contributed by atoms with Crippen molar-refractivity contribution in [1.29, 1.82) is 0 Å². The third-order valence-electron chi connectivity index (χ3n) is 4.84. The van der Waals surface area contributed by atoms with E-state index in [0.717, 1.165) is 30.8 Å². The van der Waals surface area contributed by atoms with Crippen molar-refractivity contribution in [2.45, 2.75) is 45.1 Å². The average molecular weight is 342 g/mol. The number of aryl methyl sites for hydroxylation is 1. The van der Waals surface area contributed by atoms with Gasteiger partial charge in [0.05, 0.1) is 6.42 Å². The molecule has 1 aromatic heterocycles. The van der Waals surface area contributed by atoms with Gasteiger partial charge in [-0.3, -0.25) is 9.36 Å². The molecule has 2 heterocycles. The molecule has 0 aliphatic carbocycles. The molecule has 1 unspecified atom stereocenters. The maximum atomic E-state index is 12.7. The van der Waals surface area contributed by atoms with Crippen LogP contribution in [-0.4, -0.2) is 38.2 Å². The number of piperidine rings is 1. The molecule has 3 rings (SSSR count). The minimum Gasteiger partial charge on any atom is -0.342 e. The maximum Gasteiger partial charge on any atom is 0.345 e. The number of carbonyl (C=O) groups excluding carboxylic acids is 1. The first-order valence-corrected chi connectivity index (χ1v) is 8.94. The molecule has 1 aliphatic heterocycles. The molecule has 1 atom stereocenters. The summed E-state index contributed by atoms with van der Waals surface area (Å²) in [4.78, 5) is 26.9. The van der Waals surface area contributed by atoms with Crippen molar-refractivity contribution in [1.82, 2.24) is 19.2 Å². The van der Waals surface area contributed by atoms with Crippen LogP contribution >= 0.6 is 0 Å². The van der Waals surface area contributed by atoms with Gasteiger partial charge in [-0.25, -0.2) is 9.48 Å². The van der Waals surface area contributed by atoms with Crippen LogP contribution < -0.4 is 5.69 Å². The molecule has 25 heavy (non-hydrogen) atoms. The van der Waals surface area contributed by atoms with E-state index in [2.05, 4.69) is 5.10 Å². The minimum atomic E-state index is -0.0854. The van der Waals surface area contributed by atoms with Crippen molar-refractivity contribution >= 4 is 5.91 Å². The van der Waals surface area contributed by atoms with Crippen LogP contribution in [0.3, 0.4) is 0 Å². The number of hydrogen-bond donors (Lipinski definition) is 0. The zero-order valence-electron chi connectivity index (χ0n) is 15.2. The van der Waals surface area contributed by atoms with Crippen LogP contribution in [0.4, 0.5) is 0 Å². The van der Waals surface area contributed by atoms with Crippen LogP contribution in [-0.2, 0) is 18.3 Å². The van der Waals surface area contributed by atoms with Gasteiger partial charge in [0, 0.05) is 32.1 Å². The number of carbonyl (C=O) groups is 1. The largest absolute Gasteiger partial charge is 0.345 e. The Balaban J connectivity index is 1.77. The summed E-state index contributed by atoms with van der Waals surface area (Å²) in [6.07, 6.45) is 2.32. The number of rotatable bonds is 4. The van der Waals surface area contributed by atoms with Crippen molar-refractivity contribution in [3.05, 3.63) is 52.2 Å². The zero-order chi connectivity index (χ0) is 18.0. The van der Waals surface area contributed by atoms with Gasteiger partial charge in [0.1, 0.15) is 5.82 Å². The molecule has 134 valence electrons. The lowest BCUT2D eigenvalue weighted by molar-refractivity contribution is -0.131. The number of nitrogens with zero attached hydrogens (tertiary/aromatic N) is 4. The summed E-state index contributed by atoms with van der Waals surface area (Å²) < 4.78 is 3.16. The van der Waals surface area contributed by atoms with Gasteiger partial charge in [-0.15, -0.1) is 0 Å². The van der Waals surface area contributed by atoms with Crippen LogP contribution in [0, 0.1) is 0 Å². The SMILES string of the molecule is CC(C)n1c(C2CCCN(C(=O)Cc3ccccc3)C2)nn(C)c1=O. The second kappa shape index (κ2) is 7.25. The van der Waals surface area contributed by atoms with Crippen LogP contribution in [0.2, 0.25) is 0 Å². The van der Waals surface area contributed by atoms with E-state index in [-0.39, 0.29) is 23.6 Å². The predicted molar refractivity (Wildman–Crippen MR) is 96.6 cm³/mol. The van der Waals surface area contributed by atoms with E-state index >= 15 is 0 Å². The van der Waals surface area contributed by atoms with Crippen LogP contribution in [0.25, 0.3) is 0 Å². The topological polar surface area (TPSA) is 60.1 Å². The van der Waals surface area contributed by atoms with Crippen molar-refractivity contribution in [3.63, 3.8) is 0 Å². The molecule has 6 nitrogen and oxygen atoms in total. The van der Waals surface area contributed by atoms with Crippen molar-refractivity contribution < 1.29 is 4.79 Å². The Kier molecular flexibility index (Phi) is 5.06. The number of benzene rings is 1. The molecule has 6 heteroatoms. The summed E-state index contributed by atoms with van der Waals surface area (Å²) in [5.41, 5.74) is 0.948. The molecule has 0 N–H and O–H groups in total. The van der Waals surface area contributed by atoms with Gasteiger partial charge >= 0.3 is 5.69 Å². The van der Waals surface area contributed by atoms with E-state index in [9.17, 15) is 9.59 Å². The Morgan fingerprint density at radius 3 is 2.68 bits per heavy atom. The highest BCUT2D eigenvalue weighted by Gasteiger charge is 2.29. The molecule has 2 aromatic rings. The normalized spacial score (nSPS) is 17.9. The zero-order valence-corrected chi connectivity index (χ0v) is 15.2. The van der Waals surface area contributed by atoms with Gasteiger partial charge < -0.3 is 4.90 Å². The van der Waals surface area contributed by atoms with E-state index < -0.39 is 0 Å². The Hall–Kier alpha value is -2.37. The van der Waals surface area contributed by atoms with E-state index in [1.165, 1.54) is 4.68 Å². The van der Waals surface area contributed by atoms with Gasteiger partial charge in [0.2, 0.25) is 5.91 Å². The Labute approximate surface area is 148 Å². The predicted octanol–water partition coefficient (Wildman–Crippen LogP) is 2.11. The van der Waals surface area contributed by atoms with Crippen molar-refractivity contribution in [2.24, 2.45) is 7.05 Å².